The summed E-state index contributed by atoms with van der Waals surface area (Å²) in [6.07, 6.45) is 5.86. The lowest BCUT2D eigenvalue weighted by Crippen LogP contribution is -2.49. The van der Waals surface area contributed by atoms with Crippen LogP contribution in [-0.4, -0.2) is 49.7 Å². The first kappa shape index (κ1) is 15.3. The lowest BCUT2D eigenvalue weighted by Gasteiger charge is -2.36. The van der Waals surface area contributed by atoms with Crippen LogP contribution in [0.5, 0.6) is 0 Å². The van der Waals surface area contributed by atoms with Crippen molar-refractivity contribution < 1.29 is 13.6 Å². The van der Waals surface area contributed by atoms with Crippen LogP contribution in [0.1, 0.15) is 13.3 Å². The molecule has 2 aromatic rings. The summed E-state index contributed by atoms with van der Waals surface area (Å²) in [7, 11) is 0. The summed E-state index contributed by atoms with van der Waals surface area (Å²) < 4.78 is 28.4. The van der Waals surface area contributed by atoms with Gasteiger partial charge in [-0.3, -0.25) is 0 Å². The second kappa shape index (κ2) is 5.90. The number of nitrogens with one attached hydrogen (secondary N) is 1. The molecule has 0 spiro atoms. The highest BCUT2D eigenvalue weighted by Crippen LogP contribution is 2.33. The number of nitrogens with zero attached hydrogens (tertiary/aromatic N) is 5. The third-order valence-corrected chi connectivity index (χ3v) is 3.81. The van der Waals surface area contributed by atoms with Crippen LogP contribution in [-0.2, 0) is 0 Å². The fourth-order valence-electron chi connectivity index (χ4n) is 2.38. The van der Waals surface area contributed by atoms with Crippen molar-refractivity contribution in [3.8, 4) is 5.95 Å². The Morgan fingerprint density at radius 1 is 1.39 bits per heavy atom. The topological polar surface area (TPSA) is 75.9 Å². The first-order chi connectivity index (χ1) is 11.0. The molecule has 0 radical (unpaired) electrons. The Labute approximate surface area is 131 Å². The number of hydrogen-bond donors (Lipinski definition) is 1. The van der Waals surface area contributed by atoms with Crippen molar-refractivity contribution in [2.75, 3.05) is 18.4 Å². The summed E-state index contributed by atoms with van der Waals surface area (Å²) in [5.41, 5.74) is 0.451. The summed E-state index contributed by atoms with van der Waals surface area (Å²) in [6.45, 7) is 1.50. The van der Waals surface area contributed by atoms with Gasteiger partial charge in [-0.05, 0) is 6.07 Å². The molecule has 7 nitrogen and oxygen atoms in total. The molecule has 0 aromatic carbocycles. The van der Waals surface area contributed by atoms with Crippen LogP contribution in [0.15, 0.2) is 30.9 Å². The average molecular weight is 322 g/mol. The van der Waals surface area contributed by atoms with Crippen LogP contribution in [0, 0.1) is 5.92 Å². The number of hydrogen-bond acceptors (Lipinski definition) is 4. The minimum atomic E-state index is -2.72. The van der Waals surface area contributed by atoms with Crippen molar-refractivity contribution in [3.05, 3.63) is 30.9 Å². The molecule has 1 atom stereocenters. The molecule has 3 rings (SSSR count). The maximum Gasteiger partial charge on any atom is 0.321 e. The Kier molecular flexibility index (Phi) is 3.93. The molecule has 23 heavy (non-hydrogen) atoms. The van der Waals surface area contributed by atoms with Crippen LogP contribution in [0.3, 0.4) is 0 Å². The van der Waals surface area contributed by atoms with E-state index in [4.69, 9.17) is 0 Å². The number of aromatic nitrogens is 4. The number of likely N-dealkylation sites (tertiary alicyclic amines) is 1. The highest BCUT2D eigenvalue weighted by Gasteiger charge is 2.42. The molecule has 1 aliphatic rings. The summed E-state index contributed by atoms with van der Waals surface area (Å²) >= 11 is 0. The number of anilines is 1. The van der Waals surface area contributed by atoms with Crippen LogP contribution in [0.2, 0.25) is 0 Å². The minimum Gasteiger partial charge on any atom is -0.324 e. The molecular formula is C14H16F2N6O. The molecular weight excluding hydrogens is 306 g/mol. The van der Waals surface area contributed by atoms with Crippen molar-refractivity contribution in [1.82, 2.24) is 24.6 Å². The second-order valence-corrected chi connectivity index (χ2v) is 5.51. The van der Waals surface area contributed by atoms with Crippen molar-refractivity contribution in [2.45, 2.75) is 19.3 Å². The zero-order valence-electron chi connectivity index (χ0n) is 12.5. The maximum atomic E-state index is 13.5. The van der Waals surface area contributed by atoms with E-state index >= 15 is 0 Å². The molecule has 1 unspecified atom stereocenters. The van der Waals surface area contributed by atoms with Crippen molar-refractivity contribution in [3.63, 3.8) is 0 Å². The van der Waals surface area contributed by atoms with Gasteiger partial charge in [0.05, 0.1) is 18.1 Å². The monoisotopic (exact) mass is 322 g/mol. The Hall–Kier alpha value is -2.58. The quantitative estimate of drug-likeness (QED) is 0.919. The average Bonchev–Trinajstić information content (AvgIpc) is 2.99. The van der Waals surface area contributed by atoms with Gasteiger partial charge in [0.2, 0.25) is 5.95 Å². The van der Waals surface area contributed by atoms with Gasteiger partial charge in [-0.25, -0.2) is 28.2 Å². The second-order valence-electron chi connectivity index (χ2n) is 5.51. The van der Waals surface area contributed by atoms with Crippen LogP contribution < -0.4 is 5.32 Å². The molecule has 0 bridgehead atoms. The van der Waals surface area contributed by atoms with E-state index in [1.54, 1.807) is 24.7 Å². The Morgan fingerprint density at radius 2 is 2.13 bits per heavy atom. The molecule has 122 valence electrons. The molecule has 1 fully saturated rings. The Balaban J connectivity index is 1.64. The van der Waals surface area contributed by atoms with Gasteiger partial charge < -0.3 is 10.2 Å². The lowest BCUT2D eigenvalue weighted by atomic mass is 9.96. The van der Waals surface area contributed by atoms with Gasteiger partial charge in [-0.1, -0.05) is 6.92 Å². The minimum absolute atomic E-state index is 0.0226. The number of piperidine rings is 1. The number of carbonyl (C=O) groups excluding carboxylic acids is 1. The van der Waals surface area contributed by atoms with E-state index < -0.39 is 17.9 Å². The van der Waals surface area contributed by atoms with Crippen LogP contribution in [0.4, 0.5) is 19.3 Å². The molecule has 0 saturated carbocycles. The van der Waals surface area contributed by atoms with E-state index in [0.29, 0.717) is 11.6 Å². The smallest absolute Gasteiger partial charge is 0.321 e. The maximum absolute atomic E-state index is 13.5. The number of urea groups is 1. The first-order valence-corrected chi connectivity index (χ1v) is 7.21. The molecule has 3 heterocycles. The largest absolute Gasteiger partial charge is 0.324 e. The van der Waals surface area contributed by atoms with Gasteiger partial charge in [-0.2, -0.15) is 5.10 Å². The fourth-order valence-corrected chi connectivity index (χ4v) is 2.38. The van der Waals surface area contributed by atoms with Crippen molar-refractivity contribution in [2.24, 2.45) is 5.92 Å². The molecule has 0 aliphatic carbocycles. The SMILES string of the molecule is CC1CN(C(=O)Nc2cnn(-c3ncccn3)c2)CCC1(F)F. The summed E-state index contributed by atoms with van der Waals surface area (Å²) in [6, 6.07) is 1.27. The lowest BCUT2D eigenvalue weighted by molar-refractivity contribution is -0.0899. The van der Waals surface area contributed by atoms with E-state index in [-0.39, 0.29) is 19.5 Å². The van der Waals surface area contributed by atoms with E-state index in [0.717, 1.165) is 0 Å². The van der Waals surface area contributed by atoms with E-state index in [1.807, 2.05) is 0 Å². The molecule has 2 amide bonds. The number of rotatable bonds is 2. The van der Waals surface area contributed by atoms with Crippen LogP contribution in [0.25, 0.3) is 5.95 Å². The number of alkyl halides is 2. The highest BCUT2D eigenvalue weighted by atomic mass is 19.3. The summed E-state index contributed by atoms with van der Waals surface area (Å²) in [5, 5.41) is 6.71. The number of carbonyl (C=O) groups is 1. The highest BCUT2D eigenvalue weighted by molar-refractivity contribution is 5.89. The molecule has 1 N–H and O–H groups in total. The van der Waals surface area contributed by atoms with E-state index in [1.165, 1.54) is 22.7 Å². The standard InChI is InChI=1S/C14H16F2N6O/c1-10-8-21(6-3-14(10,15)16)13(23)20-11-7-19-22(9-11)12-17-4-2-5-18-12/h2,4-5,7,9-10H,3,6,8H2,1H3,(H,20,23). The Bertz CT molecular complexity index is 690. The zero-order chi connectivity index (χ0) is 16.4. The van der Waals surface area contributed by atoms with Gasteiger partial charge in [0.25, 0.3) is 5.92 Å². The predicted octanol–water partition coefficient (Wildman–Crippen LogP) is 2.17. The molecule has 2 aromatic heterocycles. The summed E-state index contributed by atoms with van der Waals surface area (Å²) in [5.74, 6) is -3.20. The normalized spacial score (nSPS) is 20.3. The third kappa shape index (κ3) is 3.27. The van der Waals surface area contributed by atoms with Gasteiger partial charge in [-0.15, -0.1) is 0 Å². The molecule has 9 heteroatoms. The van der Waals surface area contributed by atoms with E-state index in [9.17, 15) is 13.6 Å². The molecule has 1 saturated heterocycles. The van der Waals surface area contributed by atoms with Crippen molar-refractivity contribution in [1.29, 1.82) is 0 Å². The van der Waals surface area contributed by atoms with Gasteiger partial charge in [0.15, 0.2) is 0 Å². The van der Waals surface area contributed by atoms with Gasteiger partial charge >= 0.3 is 6.03 Å². The van der Waals surface area contributed by atoms with Crippen molar-refractivity contribution >= 4 is 11.7 Å². The van der Waals surface area contributed by atoms with Crippen LogP contribution >= 0.6 is 0 Å². The van der Waals surface area contributed by atoms with Gasteiger partial charge in [0, 0.05) is 37.8 Å². The van der Waals surface area contributed by atoms with E-state index in [2.05, 4.69) is 20.4 Å². The summed E-state index contributed by atoms with van der Waals surface area (Å²) in [4.78, 5) is 21.6. The zero-order valence-corrected chi connectivity index (χ0v) is 12.5. The molecule has 1 aliphatic heterocycles. The Morgan fingerprint density at radius 3 is 2.83 bits per heavy atom. The first-order valence-electron chi connectivity index (χ1n) is 7.21. The predicted molar refractivity (Wildman–Crippen MR) is 78.5 cm³/mol. The number of amides is 2. The van der Waals surface area contributed by atoms with Gasteiger partial charge in [0.1, 0.15) is 0 Å². The number of halogens is 2. The third-order valence-electron chi connectivity index (χ3n) is 3.81. The fraction of sp³-hybridized carbons (Fsp3) is 0.429.